The van der Waals surface area contributed by atoms with E-state index in [0.717, 1.165) is 43.3 Å². The molecule has 0 aromatic heterocycles. The van der Waals surface area contributed by atoms with Crippen molar-refractivity contribution in [3.63, 3.8) is 0 Å². The minimum atomic E-state index is -0.0758. The average molecular weight is 476 g/mol. The van der Waals surface area contributed by atoms with E-state index in [0.29, 0.717) is 19.1 Å². The molecule has 0 heterocycles. The van der Waals surface area contributed by atoms with E-state index in [1.165, 1.54) is 6.92 Å². The van der Waals surface area contributed by atoms with Crippen LogP contribution >= 0.6 is 24.0 Å². The number of guanidine groups is 1. The first-order valence-electron chi connectivity index (χ1n) is 8.97. The summed E-state index contributed by atoms with van der Waals surface area (Å²) in [6, 6.07) is 7.71. The number of hydrogen-bond donors (Lipinski definition) is 3. The van der Waals surface area contributed by atoms with Crippen LogP contribution < -0.4 is 16.0 Å². The summed E-state index contributed by atoms with van der Waals surface area (Å²) >= 11 is 0. The fourth-order valence-electron chi connectivity index (χ4n) is 2.13. The fraction of sp³-hybridized carbons (Fsp3) is 0.579. The zero-order valence-corrected chi connectivity index (χ0v) is 18.6. The molecule has 148 valence electrons. The fourth-order valence-corrected chi connectivity index (χ4v) is 2.13. The number of carbonyl (C=O) groups is 1. The zero-order chi connectivity index (χ0) is 18.5. The van der Waals surface area contributed by atoms with E-state index in [2.05, 4.69) is 34.8 Å². The van der Waals surface area contributed by atoms with Gasteiger partial charge in [-0.15, -0.1) is 24.0 Å². The molecular formula is C19H33IN4O2. The molecule has 1 aromatic carbocycles. The highest BCUT2D eigenvalue weighted by Gasteiger charge is 2.00. The molecule has 0 saturated carbocycles. The molecule has 0 saturated heterocycles. The van der Waals surface area contributed by atoms with Crippen LogP contribution in [0.25, 0.3) is 0 Å². The lowest BCUT2D eigenvalue weighted by molar-refractivity contribution is -0.114. The van der Waals surface area contributed by atoms with Gasteiger partial charge in [-0.25, -0.2) is 4.99 Å². The van der Waals surface area contributed by atoms with Gasteiger partial charge in [-0.3, -0.25) is 4.79 Å². The van der Waals surface area contributed by atoms with Crippen LogP contribution in [0.3, 0.4) is 0 Å². The maximum atomic E-state index is 11.1. The highest BCUT2D eigenvalue weighted by atomic mass is 127. The number of rotatable bonds is 10. The Bertz CT molecular complexity index is 550. The highest BCUT2D eigenvalue weighted by Crippen LogP contribution is 2.11. The van der Waals surface area contributed by atoms with Gasteiger partial charge in [0.2, 0.25) is 5.91 Å². The zero-order valence-electron chi connectivity index (χ0n) is 16.3. The largest absolute Gasteiger partial charge is 0.380 e. The molecule has 0 radical (unpaired) electrons. The lowest BCUT2D eigenvalue weighted by Gasteiger charge is -2.12. The highest BCUT2D eigenvalue weighted by molar-refractivity contribution is 14.0. The van der Waals surface area contributed by atoms with E-state index in [4.69, 9.17) is 4.74 Å². The van der Waals surface area contributed by atoms with E-state index in [9.17, 15) is 4.79 Å². The maximum Gasteiger partial charge on any atom is 0.221 e. The van der Waals surface area contributed by atoms with Crippen molar-refractivity contribution < 1.29 is 9.53 Å². The number of carbonyl (C=O) groups excluding carboxylic acids is 1. The topological polar surface area (TPSA) is 74.8 Å². The number of aliphatic imine (C=N–C) groups is 1. The van der Waals surface area contributed by atoms with Crippen molar-refractivity contribution in [3.05, 3.63) is 29.8 Å². The van der Waals surface area contributed by atoms with Crippen LogP contribution in [0, 0.1) is 5.92 Å². The van der Waals surface area contributed by atoms with Crippen molar-refractivity contribution in [3.8, 4) is 0 Å². The third-order valence-corrected chi connectivity index (χ3v) is 3.39. The van der Waals surface area contributed by atoms with Gasteiger partial charge in [-0.05, 0) is 37.0 Å². The van der Waals surface area contributed by atoms with Crippen LogP contribution in [0.15, 0.2) is 29.3 Å². The van der Waals surface area contributed by atoms with Crippen molar-refractivity contribution in [2.24, 2.45) is 10.9 Å². The first-order valence-corrected chi connectivity index (χ1v) is 8.97. The molecule has 0 aliphatic rings. The van der Waals surface area contributed by atoms with Crippen LogP contribution in [0.5, 0.6) is 0 Å². The monoisotopic (exact) mass is 476 g/mol. The van der Waals surface area contributed by atoms with Crippen LogP contribution in [0.2, 0.25) is 0 Å². The number of benzene rings is 1. The molecule has 0 aliphatic heterocycles. The van der Waals surface area contributed by atoms with Crippen LogP contribution in [0.1, 0.15) is 39.7 Å². The minimum Gasteiger partial charge on any atom is -0.380 e. The lowest BCUT2D eigenvalue weighted by Crippen LogP contribution is -2.39. The second-order valence-corrected chi connectivity index (χ2v) is 6.30. The Hall–Kier alpha value is -1.35. The van der Waals surface area contributed by atoms with E-state index in [1.54, 1.807) is 0 Å². The van der Waals surface area contributed by atoms with E-state index >= 15 is 0 Å². The number of hydrogen-bond acceptors (Lipinski definition) is 3. The Balaban J connectivity index is 0.00000625. The van der Waals surface area contributed by atoms with Gasteiger partial charge in [0, 0.05) is 32.3 Å². The summed E-state index contributed by atoms with van der Waals surface area (Å²) < 4.78 is 5.60. The van der Waals surface area contributed by atoms with Crippen molar-refractivity contribution in [1.29, 1.82) is 0 Å². The van der Waals surface area contributed by atoms with Gasteiger partial charge in [0.05, 0.1) is 13.2 Å². The first kappa shape index (κ1) is 24.7. The summed E-state index contributed by atoms with van der Waals surface area (Å²) in [7, 11) is 0. The number of anilines is 1. The summed E-state index contributed by atoms with van der Waals surface area (Å²) in [5.41, 5.74) is 1.83. The molecule has 0 bridgehead atoms. The molecule has 26 heavy (non-hydrogen) atoms. The van der Waals surface area contributed by atoms with Gasteiger partial charge >= 0.3 is 0 Å². The average Bonchev–Trinajstić information content (AvgIpc) is 2.55. The number of halogens is 1. The third-order valence-electron chi connectivity index (χ3n) is 3.39. The van der Waals surface area contributed by atoms with E-state index < -0.39 is 0 Å². The van der Waals surface area contributed by atoms with Crippen LogP contribution in [-0.4, -0.2) is 38.2 Å². The Labute approximate surface area is 174 Å². The maximum absolute atomic E-state index is 11.1. The Morgan fingerprint density at radius 3 is 2.65 bits per heavy atom. The molecule has 1 amide bonds. The molecule has 1 rings (SSSR count). The van der Waals surface area contributed by atoms with Crippen LogP contribution in [-0.2, 0) is 16.1 Å². The molecule has 0 unspecified atom stereocenters. The third kappa shape index (κ3) is 12.1. The summed E-state index contributed by atoms with van der Waals surface area (Å²) in [5, 5.41) is 9.28. The number of ether oxygens (including phenoxy) is 1. The molecule has 0 fully saturated rings. The predicted octanol–water partition coefficient (Wildman–Crippen LogP) is 3.38. The molecular weight excluding hydrogens is 443 g/mol. The van der Waals surface area contributed by atoms with Crippen molar-refractivity contribution in [2.75, 3.05) is 31.6 Å². The standard InChI is InChI=1S/C19H32N4O2.HI/c1-5-20-19(21-10-12-25-11-9-15(2)3)22-14-17-7-6-8-18(13-17)23-16(4)24;/h6-8,13,15H,5,9-12,14H2,1-4H3,(H,23,24)(H2,20,21,22);1H. The summed E-state index contributed by atoms with van der Waals surface area (Å²) in [6.07, 6.45) is 1.08. The van der Waals surface area contributed by atoms with E-state index in [-0.39, 0.29) is 29.9 Å². The Kier molecular flexibility index (Phi) is 14.0. The van der Waals surface area contributed by atoms with Crippen molar-refractivity contribution >= 4 is 41.5 Å². The summed E-state index contributed by atoms with van der Waals surface area (Å²) in [6.45, 7) is 11.4. The van der Waals surface area contributed by atoms with Gasteiger partial charge < -0.3 is 20.7 Å². The van der Waals surface area contributed by atoms with Crippen molar-refractivity contribution in [2.45, 2.75) is 40.7 Å². The molecule has 0 atom stereocenters. The predicted molar refractivity (Wildman–Crippen MR) is 119 cm³/mol. The smallest absolute Gasteiger partial charge is 0.221 e. The van der Waals surface area contributed by atoms with E-state index in [1.807, 2.05) is 31.2 Å². The first-order chi connectivity index (χ1) is 12.0. The number of nitrogens with zero attached hydrogens (tertiary/aromatic N) is 1. The normalized spacial score (nSPS) is 11.0. The second kappa shape index (κ2) is 14.8. The quantitative estimate of drug-likeness (QED) is 0.210. The molecule has 0 aliphatic carbocycles. The molecule has 0 spiro atoms. The van der Waals surface area contributed by atoms with Gasteiger partial charge in [0.1, 0.15) is 0 Å². The number of nitrogens with one attached hydrogen (secondary N) is 3. The van der Waals surface area contributed by atoms with Crippen LogP contribution in [0.4, 0.5) is 5.69 Å². The van der Waals surface area contributed by atoms with Gasteiger partial charge in [-0.2, -0.15) is 0 Å². The Morgan fingerprint density at radius 1 is 1.23 bits per heavy atom. The number of amides is 1. The molecule has 3 N–H and O–H groups in total. The Morgan fingerprint density at radius 2 is 2.00 bits per heavy atom. The van der Waals surface area contributed by atoms with Gasteiger partial charge in [-0.1, -0.05) is 26.0 Å². The SMILES string of the molecule is CCNC(=NCc1cccc(NC(C)=O)c1)NCCOCCC(C)C.I. The molecule has 7 heteroatoms. The van der Waals surface area contributed by atoms with Crippen molar-refractivity contribution in [1.82, 2.24) is 10.6 Å². The molecule has 6 nitrogen and oxygen atoms in total. The van der Waals surface area contributed by atoms with Gasteiger partial charge in [0.25, 0.3) is 0 Å². The second-order valence-electron chi connectivity index (χ2n) is 6.30. The minimum absolute atomic E-state index is 0. The summed E-state index contributed by atoms with van der Waals surface area (Å²) in [5.74, 6) is 1.35. The summed E-state index contributed by atoms with van der Waals surface area (Å²) in [4.78, 5) is 15.7. The molecule has 1 aromatic rings. The van der Waals surface area contributed by atoms with Gasteiger partial charge in [0.15, 0.2) is 5.96 Å². The lowest BCUT2D eigenvalue weighted by atomic mass is 10.1.